The third-order valence-corrected chi connectivity index (χ3v) is 3.33. The van der Waals surface area contributed by atoms with Crippen LogP contribution in [0.25, 0.3) is 0 Å². The lowest BCUT2D eigenvalue weighted by Gasteiger charge is -2.08. The maximum absolute atomic E-state index is 11.3. The summed E-state index contributed by atoms with van der Waals surface area (Å²) in [4.78, 5) is 11.3. The number of carboxylic acid groups (broad SMARTS) is 1. The molecule has 0 unspecified atom stereocenters. The lowest BCUT2D eigenvalue weighted by atomic mass is 10.1. The number of carboxylic acids is 1. The van der Waals surface area contributed by atoms with Crippen LogP contribution < -0.4 is 5.32 Å². The quantitative estimate of drug-likeness (QED) is 0.878. The van der Waals surface area contributed by atoms with Crippen molar-refractivity contribution in [3.63, 3.8) is 0 Å². The molecule has 20 heavy (non-hydrogen) atoms. The van der Waals surface area contributed by atoms with Gasteiger partial charge in [0.05, 0.1) is 5.69 Å². The van der Waals surface area contributed by atoms with Crippen LogP contribution in [0.2, 0.25) is 0 Å². The fourth-order valence-corrected chi connectivity index (χ4v) is 2.20. The van der Waals surface area contributed by atoms with Gasteiger partial charge in [0.1, 0.15) is 11.4 Å². The summed E-state index contributed by atoms with van der Waals surface area (Å²) in [6.07, 6.45) is 1.01. The molecule has 0 bridgehead atoms. The smallest absolute Gasteiger partial charge is 0.341 e. The number of anilines is 1. The van der Waals surface area contributed by atoms with Gasteiger partial charge in [0.25, 0.3) is 0 Å². The van der Waals surface area contributed by atoms with E-state index in [-0.39, 0.29) is 5.56 Å². The van der Waals surface area contributed by atoms with Crippen LogP contribution in [-0.4, -0.2) is 20.9 Å². The third-order valence-electron chi connectivity index (χ3n) is 3.33. The molecule has 0 spiro atoms. The van der Waals surface area contributed by atoms with Crippen molar-refractivity contribution in [2.45, 2.75) is 26.8 Å². The van der Waals surface area contributed by atoms with Crippen molar-refractivity contribution in [3.8, 4) is 0 Å². The monoisotopic (exact) mass is 273 g/mol. The second-order valence-electron chi connectivity index (χ2n) is 4.76. The predicted molar refractivity (Wildman–Crippen MR) is 78.1 cm³/mol. The van der Waals surface area contributed by atoms with Gasteiger partial charge < -0.3 is 10.4 Å². The molecule has 0 fully saturated rings. The second kappa shape index (κ2) is 5.77. The molecule has 2 rings (SSSR count). The Hall–Kier alpha value is -2.30. The second-order valence-corrected chi connectivity index (χ2v) is 4.76. The molecule has 0 saturated carbocycles. The Kier molecular flexibility index (Phi) is 4.08. The Bertz CT molecular complexity index is 615. The predicted octanol–water partition coefficient (Wildman–Crippen LogP) is 2.60. The van der Waals surface area contributed by atoms with Gasteiger partial charge in [-0.2, -0.15) is 5.10 Å². The van der Waals surface area contributed by atoms with Crippen molar-refractivity contribution in [2.24, 2.45) is 7.05 Å². The number of hydrogen-bond acceptors (Lipinski definition) is 3. The van der Waals surface area contributed by atoms with E-state index in [0.717, 1.165) is 12.0 Å². The summed E-state index contributed by atoms with van der Waals surface area (Å²) in [6.45, 7) is 4.39. The first kappa shape index (κ1) is 14.1. The molecule has 0 atom stereocenters. The number of aromatic carboxylic acids is 1. The molecular formula is C15H19N3O2. The number of aromatic nitrogens is 2. The first-order valence-electron chi connectivity index (χ1n) is 6.61. The van der Waals surface area contributed by atoms with Crippen molar-refractivity contribution in [2.75, 3.05) is 5.32 Å². The highest BCUT2D eigenvalue weighted by Gasteiger charge is 2.19. The number of nitrogens with one attached hydrogen (secondary N) is 1. The summed E-state index contributed by atoms with van der Waals surface area (Å²) in [6, 6.07) is 8.28. The van der Waals surface area contributed by atoms with Gasteiger partial charge in [-0.1, -0.05) is 31.2 Å². The van der Waals surface area contributed by atoms with Gasteiger partial charge in [0.2, 0.25) is 0 Å². The van der Waals surface area contributed by atoms with Crippen molar-refractivity contribution < 1.29 is 9.90 Å². The van der Waals surface area contributed by atoms with E-state index < -0.39 is 5.97 Å². The maximum atomic E-state index is 11.3. The molecule has 0 amide bonds. The highest BCUT2D eigenvalue weighted by atomic mass is 16.4. The molecule has 0 aliphatic rings. The van der Waals surface area contributed by atoms with Crippen molar-refractivity contribution in [1.82, 2.24) is 9.78 Å². The normalized spacial score (nSPS) is 10.6. The average molecular weight is 273 g/mol. The highest BCUT2D eigenvalue weighted by molar-refractivity contribution is 5.94. The van der Waals surface area contributed by atoms with Gasteiger partial charge in [0.15, 0.2) is 0 Å². The van der Waals surface area contributed by atoms with Gasteiger partial charge in [-0.05, 0) is 24.5 Å². The molecule has 0 aliphatic heterocycles. The fraction of sp³-hybridized carbons (Fsp3) is 0.333. The van der Waals surface area contributed by atoms with Crippen LogP contribution in [0.1, 0.15) is 34.1 Å². The van der Waals surface area contributed by atoms with Gasteiger partial charge in [-0.25, -0.2) is 4.79 Å². The number of nitrogens with zero attached hydrogens (tertiary/aromatic N) is 2. The van der Waals surface area contributed by atoms with Gasteiger partial charge >= 0.3 is 5.97 Å². The minimum atomic E-state index is -0.959. The molecule has 2 N–H and O–H groups in total. The molecule has 5 heteroatoms. The van der Waals surface area contributed by atoms with Crippen LogP contribution in [0, 0.1) is 6.92 Å². The number of aryl methyl sites for hydroxylation is 3. The van der Waals surface area contributed by atoms with Gasteiger partial charge in [-0.3, -0.25) is 4.68 Å². The fourth-order valence-electron chi connectivity index (χ4n) is 2.20. The Balaban J connectivity index is 2.16. The van der Waals surface area contributed by atoms with E-state index in [4.69, 9.17) is 0 Å². The topological polar surface area (TPSA) is 67.2 Å². The maximum Gasteiger partial charge on any atom is 0.341 e. The Morgan fingerprint density at radius 2 is 1.90 bits per heavy atom. The SMILES string of the molecule is CCc1ccc(CNc2c(C(=O)O)c(C)nn2C)cc1. The van der Waals surface area contributed by atoms with Crippen LogP contribution in [0.4, 0.5) is 5.82 Å². The standard InChI is InChI=1S/C15H19N3O2/c1-4-11-5-7-12(8-6-11)9-16-14-13(15(19)20)10(2)17-18(14)3/h5-8,16H,4,9H2,1-3H3,(H,19,20). The zero-order valence-corrected chi connectivity index (χ0v) is 12.0. The Morgan fingerprint density at radius 1 is 1.30 bits per heavy atom. The minimum absolute atomic E-state index is 0.234. The van der Waals surface area contributed by atoms with Crippen LogP contribution in [0.15, 0.2) is 24.3 Å². The molecule has 0 radical (unpaired) electrons. The first-order chi connectivity index (χ1) is 9.52. The lowest BCUT2D eigenvalue weighted by Crippen LogP contribution is -2.09. The summed E-state index contributed by atoms with van der Waals surface area (Å²) in [5.74, 6) is -0.422. The zero-order valence-electron chi connectivity index (χ0n) is 12.0. The van der Waals surface area contributed by atoms with Crippen LogP contribution >= 0.6 is 0 Å². The van der Waals surface area contributed by atoms with E-state index in [2.05, 4.69) is 41.6 Å². The number of carbonyl (C=O) groups is 1. The molecule has 1 aromatic heterocycles. The molecule has 106 valence electrons. The van der Waals surface area contributed by atoms with Crippen LogP contribution in [0.5, 0.6) is 0 Å². The third kappa shape index (κ3) is 2.82. The summed E-state index contributed by atoms with van der Waals surface area (Å²) in [5.41, 5.74) is 3.15. The zero-order chi connectivity index (χ0) is 14.7. The number of benzene rings is 1. The van der Waals surface area contributed by atoms with Crippen molar-refractivity contribution >= 4 is 11.8 Å². The van der Waals surface area contributed by atoms with Crippen LogP contribution in [0.3, 0.4) is 0 Å². The summed E-state index contributed by atoms with van der Waals surface area (Å²) in [5, 5.41) is 16.5. The van der Waals surface area contributed by atoms with E-state index in [1.807, 2.05) is 0 Å². The van der Waals surface area contributed by atoms with Gasteiger partial charge in [0, 0.05) is 13.6 Å². The average Bonchev–Trinajstić information content (AvgIpc) is 2.71. The summed E-state index contributed by atoms with van der Waals surface area (Å²) < 4.78 is 1.57. The molecule has 0 aliphatic carbocycles. The summed E-state index contributed by atoms with van der Waals surface area (Å²) in [7, 11) is 1.74. The molecule has 0 saturated heterocycles. The van der Waals surface area contributed by atoms with E-state index >= 15 is 0 Å². The largest absolute Gasteiger partial charge is 0.477 e. The van der Waals surface area contributed by atoms with E-state index in [1.165, 1.54) is 5.56 Å². The molecular weight excluding hydrogens is 254 g/mol. The highest BCUT2D eigenvalue weighted by Crippen LogP contribution is 2.19. The van der Waals surface area contributed by atoms with Gasteiger partial charge in [-0.15, -0.1) is 0 Å². The number of rotatable bonds is 5. The Labute approximate surface area is 118 Å². The Morgan fingerprint density at radius 3 is 2.45 bits per heavy atom. The molecule has 2 aromatic rings. The molecule has 1 aromatic carbocycles. The number of hydrogen-bond donors (Lipinski definition) is 2. The van der Waals surface area contributed by atoms with E-state index in [0.29, 0.717) is 18.1 Å². The van der Waals surface area contributed by atoms with Crippen LogP contribution in [-0.2, 0) is 20.0 Å². The van der Waals surface area contributed by atoms with Crippen molar-refractivity contribution in [1.29, 1.82) is 0 Å². The summed E-state index contributed by atoms with van der Waals surface area (Å²) >= 11 is 0. The van der Waals surface area contributed by atoms with E-state index in [1.54, 1.807) is 18.7 Å². The minimum Gasteiger partial charge on any atom is -0.477 e. The first-order valence-corrected chi connectivity index (χ1v) is 6.61. The molecule has 1 heterocycles. The van der Waals surface area contributed by atoms with E-state index in [9.17, 15) is 9.90 Å². The van der Waals surface area contributed by atoms with Crippen molar-refractivity contribution in [3.05, 3.63) is 46.6 Å². The lowest BCUT2D eigenvalue weighted by molar-refractivity contribution is 0.0697. The molecule has 5 nitrogen and oxygen atoms in total.